The molecule has 10 nitrogen and oxygen atoms in total. The highest BCUT2D eigenvalue weighted by Gasteiger charge is 2.76. The second kappa shape index (κ2) is 8.69. The number of carbonyl (C=O) groups is 5. The monoisotopic (exact) mass is 677 g/mol. The molecule has 0 radical (unpaired) electrons. The van der Waals surface area contributed by atoms with Crippen molar-refractivity contribution in [1.29, 1.82) is 0 Å². The van der Waals surface area contributed by atoms with Crippen LogP contribution in [-0.2, 0) is 19.2 Å². The maximum atomic E-state index is 13.7. The Morgan fingerprint density at radius 2 is 1.86 bits per heavy atom. The number of halogens is 4. The number of hydrogen-bond donors (Lipinski definition) is 2. The number of carbonyl (C=O) groups excluding carboxylic acids is 5. The standard InChI is InChI=1S/C23H19Br2Cl2N3O7/c1-37-13-5-8(25)4-11(16(13)31)15-9-2-3-10-14(18(33)30(17(10)32)21(28)36)12(9)6-22(26)19(34)29(7-24)20(35)23(15,22)27/h2,4-5,10,12,14-15,31H,3,6-7H2,1H3,(H2,28,36)/t10-,12+,14-,15+,22+,23-/m0/s1. The van der Waals surface area contributed by atoms with Gasteiger partial charge < -0.3 is 15.6 Å². The lowest BCUT2D eigenvalue weighted by molar-refractivity contribution is -0.139. The number of ether oxygens (including phenoxy) is 1. The summed E-state index contributed by atoms with van der Waals surface area (Å²) in [4.78, 5) is 62.6. The van der Waals surface area contributed by atoms with Crippen molar-refractivity contribution in [3.8, 4) is 11.5 Å². The summed E-state index contributed by atoms with van der Waals surface area (Å²) < 4.78 is 5.77. The molecule has 196 valence electrons. The van der Waals surface area contributed by atoms with E-state index in [-0.39, 0.29) is 35.4 Å². The van der Waals surface area contributed by atoms with Gasteiger partial charge in [0.2, 0.25) is 11.8 Å². The second-order valence-corrected chi connectivity index (χ2v) is 12.0. The van der Waals surface area contributed by atoms with Crippen LogP contribution in [0.1, 0.15) is 24.3 Å². The lowest BCUT2D eigenvalue weighted by Gasteiger charge is -2.50. The number of hydrogen-bond acceptors (Lipinski definition) is 7. The molecule has 5 rings (SSSR count). The van der Waals surface area contributed by atoms with Crippen LogP contribution in [-0.4, -0.2) is 66.9 Å². The highest BCUT2D eigenvalue weighted by atomic mass is 79.9. The molecular formula is C23H19Br2Cl2N3O7. The summed E-state index contributed by atoms with van der Waals surface area (Å²) in [5.41, 5.74) is 5.72. The van der Waals surface area contributed by atoms with Crippen LogP contribution in [0.2, 0.25) is 0 Å². The topological polar surface area (TPSA) is 147 Å². The van der Waals surface area contributed by atoms with Gasteiger partial charge in [-0.3, -0.25) is 24.1 Å². The number of phenols is 1. The van der Waals surface area contributed by atoms with Crippen molar-refractivity contribution in [3.05, 3.63) is 33.8 Å². The fourth-order valence-electron chi connectivity index (χ4n) is 6.29. The Balaban J connectivity index is 1.78. The number of amides is 6. The largest absolute Gasteiger partial charge is 0.504 e. The number of nitrogens with zero attached hydrogens (tertiary/aromatic N) is 2. The first-order valence-electron chi connectivity index (χ1n) is 11.1. The SMILES string of the molecule is COc1cc(Br)cc([C@H]2C3=CC[C@@H]4C(=O)N(C(N)=O)C(=O)[C@@H]4[C@@H]3C[C@@]3(Cl)C(=O)N(CBr)C(=O)[C@@]23Cl)c1O. The van der Waals surface area contributed by atoms with Crippen LogP contribution in [0.15, 0.2) is 28.3 Å². The van der Waals surface area contributed by atoms with Gasteiger partial charge in [-0.25, -0.2) is 4.79 Å². The van der Waals surface area contributed by atoms with Gasteiger partial charge in [-0.15, -0.1) is 23.2 Å². The Morgan fingerprint density at radius 3 is 2.46 bits per heavy atom. The average molecular weight is 680 g/mol. The summed E-state index contributed by atoms with van der Waals surface area (Å²) in [6.45, 7) is 0. The third-order valence-electron chi connectivity index (χ3n) is 7.84. The van der Waals surface area contributed by atoms with E-state index < -0.39 is 63.1 Å². The van der Waals surface area contributed by atoms with E-state index in [9.17, 15) is 29.1 Å². The van der Waals surface area contributed by atoms with Crippen LogP contribution in [0.5, 0.6) is 11.5 Å². The lowest BCUT2D eigenvalue weighted by atomic mass is 9.56. The van der Waals surface area contributed by atoms with Crippen molar-refractivity contribution in [3.63, 3.8) is 0 Å². The van der Waals surface area contributed by atoms with E-state index in [1.165, 1.54) is 19.2 Å². The summed E-state index contributed by atoms with van der Waals surface area (Å²) in [5, 5.41) is 11.2. The molecule has 6 atom stereocenters. The van der Waals surface area contributed by atoms with E-state index in [0.29, 0.717) is 14.9 Å². The normalized spacial score (nSPS) is 34.8. The number of primary amides is 1. The first-order chi connectivity index (χ1) is 17.3. The molecule has 6 amide bonds. The predicted octanol–water partition coefficient (Wildman–Crippen LogP) is 2.95. The Morgan fingerprint density at radius 1 is 1.19 bits per heavy atom. The number of likely N-dealkylation sites (tertiary alicyclic amines) is 2. The van der Waals surface area contributed by atoms with Gasteiger partial charge in [0.1, 0.15) is 0 Å². The average Bonchev–Trinajstić information content (AvgIpc) is 3.18. The van der Waals surface area contributed by atoms with Crippen LogP contribution in [0.4, 0.5) is 4.79 Å². The molecule has 0 unspecified atom stereocenters. The first-order valence-corrected chi connectivity index (χ1v) is 13.8. The van der Waals surface area contributed by atoms with Gasteiger partial charge in [0, 0.05) is 16.0 Å². The maximum absolute atomic E-state index is 13.7. The molecule has 0 spiro atoms. The quantitative estimate of drug-likeness (QED) is 0.216. The molecule has 2 saturated heterocycles. The van der Waals surface area contributed by atoms with Gasteiger partial charge in [-0.2, -0.15) is 4.90 Å². The van der Waals surface area contributed by atoms with Crippen molar-refractivity contribution >= 4 is 84.7 Å². The number of imide groups is 4. The summed E-state index contributed by atoms with van der Waals surface area (Å²) in [6, 6.07) is 1.85. The van der Waals surface area contributed by atoms with E-state index >= 15 is 0 Å². The molecule has 1 saturated carbocycles. The molecule has 2 aliphatic carbocycles. The molecular weight excluding hydrogens is 661 g/mol. The second-order valence-electron chi connectivity index (χ2n) is 9.38. The van der Waals surface area contributed by atoms with Gasteiger partial charge in [0.05, 0.1) is 24.4 Å². The van der Waals surface area contributed by atoms with Crippen molar-refractivity contribution < 1.29 is 33.8 Å². The third-order valence-corrected chi connectivity index (χ3v) is 10.2. The molecule has 2 aliphatic heterocycles. The third kappa shape index (κ3) is 3.25. The van der Waals surface area contributed by atoms with Crippen LogP contribution in [0, 0.1) is 17.8 Å². The number of aromatic hydroxyl groups is 1. The van der Waals surface area contributed by atoms with Gasteiger partial charge >= 0.3 is 6.03 Å². The maximum Gasteiger partial charge on any atom is 0.328 e. The molecule has 4 aliphatic rings. The molecule has 3 N–H and O–H groups in total. The van der Waals surface area contributed by atoms with Gasteiger partial charge in [0.25, 0.3) is 11.8 Å². The van der Waals surface area contributed by atoms with Crippen molar-refractivity contribution in [2.75, 3.05) is 12.6 Å². The summed E-state index contributed by atoms with van der Waals surface area (Å²) in [5.74, 6) is -7.35. The summed E-state index contributed by atoms with van der Waals surface area (Å²) in [6.07, 6.45) is 1.47. The van der Waals surface area contributed by atoms with Crippen LogP contribution >= 0.6 is 55.1 Å². The molecule has 2 heterocycles. The summed E-state index contributed by atoms with van der Waals surface area (Å²) in [7, 11) is 1.35. The van der Waals surface area contributed by atoms with Gasteiger partial charge in [0.15, 0.2) is 21.2 Å². The van der Waals surface area contributed by atoms with E-state index in [4.69, 9.17) is 33.7 Å². The van der Waals surface area contributed by atoms with Gasteiger partial charge in [-0.05, 0) is 30.9 Å². The number of allylic oxidation sites excluding steroid dienone is 2. The highest BCUT2D eigenvalue weighted by Crippen LogP contribution is 2.66. The smallest absolute Gasteiger partial charge is 0.328 e. The summed E-state index contributed by atoms with van der Waals surface area (Å²) >= 11 is 20.7. The number of benzene rings is 1. The zero-order valence-corrected chi connectivity index (χ0v) is 23.7. The number of fused-ring (bicyclic) bond motifs is 4. The number of rotatable bonds is 3. The Kier molecular flexibility index (Phi) is 6.21. The number of methoxy groups -OCH3 is 1. The van der Waals surface area contributed by atoms with Crippen molar-refractivity contribution in [2.24, 2.45) is 23.5 Å². The molecule has 0 aromatic heterocycles. The number of phenolic OH excluding ortho intramolecular Hbond substituents is 1. The molecule has 0 bridgehead atoms. The van der Waals surface area contributed by atoms with Crippen LogP contribution in [0.3, 0.4) is 0 Å². The molecule has 1 aromatic rings. The zero-order valence-electron chi connectivity index (χ0n) is 19.0. The Hall–Kier alpha value is -2.15. The number of urea groups is 1. The minimum atomic E-state index is -2.09. The fourth-order valence-corrected chi connectivity index (χ4v) is 8.16. The Labute approximate surface area is 237 Å². The lowest BCUT2D eigenvalue weighted by Crippen LogP contribution is -2.60. The van der Waals surface area contributed by atoms with E-state index in [2.05, 4.69) is 31.9 Å². The minimum absolute atomic E-state index is 0.0554. The molecule has 1 aromatic carbocycles. The fraction of sp³-hybridized carbons (Fsp3) is 0.435. The van der Waals surface area contributed by atoms with E-state index in [0.717, 1.165) is 4.90 Å². The highest BCUT2D eigenvalue weighted by molar-refractivity contribution is 9.10. The zero-order chi connectivity index (χ0) is 27.2. The van der Waals surface area contributed by atoms with E-state index in [1.807, 2.05) is 0 Å². The molecule has 37 heavy (non-hydrogen) atoms. The predicted molar refractivity (Wildman–Crippen MR) is 137 cm³/mol. The minimum Gasteiger partial charge on any atom is -0.504 e. The molecule has 3 fully saturated rings. The number of alkyl halides is 3. The number of nitrogens with two attached hydrogens (primary N) is 1. The van der Waals surface area contributed by atoms with E-state index in [1.54, 1.807) is 6.08 Å². The molecule has 14 heteroatoms. The van der Waals surface area contributed by atoms with Crippen molar-refractivity contribution in [1.82, 2.24) is 9.80 Å². The first kappa shape index (κ1) is 26.5. The van der Waals surface area contributed by atoms with Crippen LogP contribution in [0.25, 0.3) is 0 Å². The van der Waals surface area contributed by atoms with Crippen LogP contribution < -0.4 is 10.5 Å². The van der Waals surface area contributed by atoms with Gasteiger partial charge in [-0.1, -0.05) is 43.5 Å². The van der Waals surface area contributed by atoms with Crippen molar-refractivity contribution in [2.45, 2.75) is 28.5 Å². The Bertz CT molecular complexity index is 1340.